The van der Waals surface area contributed by atoms with Gasteiger partial charge in [-0.3, -0.25) is 0 Å². The number of nitriles is 1. The van der Waals surface area contributed by atoms with Gasteiger partial charge in [-0.1, -0.05) is 12.1 Å². The van der Waals surface area contributed by atoms with E-state index in [2.05, 4.69) is 11.4 Å². The van der Waals surface area contributed by atoms with Crippen molar-refractivity contribution in [1.82, 2.24) is 9.88 Å². The molecule has 1 aromatic heterocycles. The maximum atomic E-state index is 9.99. The minimum absolute atomic E-state index is 0.244. The zero-order valence-electron chi connectivity index (χ0n) is 13.8. The van der Waals surface area contributed by atoms with Gasteiger partial charge in [0, 0.05) is 25.8 Å². The van der Waals surface area contributed by atoms with Crippen LogP contribution in [0.15, 0.2) is 30.3 Å². The summed E-state index contributed by atoms with van der Waals surface area (Å²) in [4.78, 5) is 0. The molecule has 0 spiro atoms. The number of aliphatic hydroxyl groups is 1. The summed E-state index contributed by atoms with van der Waals surface area (Å²) in [6.45, 7) is 5.27. The van der Waals surface area contributed by atoms with Crippen molar-refractivity contribution in [3.05, 3.63) is 52.8 Å². The van der Waals surface area contributed by atoms with Crippen molar-refractivity contribution < 1.29 is 9.84 Å². The number of nitrogens with one attached hydrogen (secondary N) is 1. The summed E-state index contributed by atoms with van der Waals surface area (Å²) in [6, 6.07) is 11.8. The van der Waals surface area contributed by atoms with Gasteiger partial charge in [-0.05, 0) is 43.2 Å². The third kappa shape index (κ3) is 4.59. The summed E-state index contributed by atoms with van der Waals surface area (Å²) in [5, 5.41) is 22.2. The SMILES string of the molecule is Cc1cccc(OCC(O)CNCc2cc(C#N)n(C)c2C)c1. The van der Waals surface area contributed by atoms with Gasteiger partial charge in [0.2, 0.25) is 0 Å². The van der Waals surface area contributed by atoms with Gasteiger partial charge in [-0.2, -0.15) is 5.26 Å². The standard InChI is InChI=1S/C18H23N3O2/c1-13-5-4-6-18(7-13)23-12-17(22)11-20-10-15-8-16(9-19)21(3)14(15)2/h4-8,17,20,22H,10-12H2,1-3H3. The molecule has 5 nitrogen and oxygen atoms in total. The van der Waals surface area contributed by atoms with Crippen LogP contribution in [0, 0.1) is 25.2 Å². The highest BCUT2D eigenvalue weighted by Gasteiger charge is 2.10. The minimum Gasteiger partial charge on any atom is -0.491 e. The second kappa shape index (κ2) is 7.82. The molecule has 0 saturated carbocycles. The summed E-state index contributed by atoms with van der Waals surface area (Å²) in [5.74, 6) is 0.765. The molecule has 2 N–H and O–H groups in total. The van der Waals surface area contributed by atoms with E-state index in [0.29, 0.717) is 18.8 Å². The lowest BCUT2D eigenvalue weighted by Crippen LogP contribution is -2.31. The van der Waals surface area contributed by atoms with E-state index in [1.807, 2.05) is 55.8 Å². The molecular weight excluding hydrogens is 290 g/mol. The molecule has 5 heteroatoms. The third-order valence-corrected chi connectivity index (χ3v) is 3.88. The summed E-state index contributed by atoms with van der Waals surface area (Å²) in [7, 11) is 1.88. The van der Waals surface area contributed by atoms with E-state index >= 15 is 0 Å². The van der Waals surface area contributed by atoms with Crippen molar-refractivity contribution in [2.75, 3.05) is 13.2 Å². The Morgan fingerprint density at radius 3 is 2.78 bits per heavy atom. The minimum atomic E-state index is -0.588. The average molecular weight is 313 g/mol. The Morgan fingerprint density at radius 2 is 2.13 bits per heavy atom. The number of nitrogens with zero attached hydrogens (tertiary/aromatic N) is 2. The monoisotopic (exact) mass is 313 g/mol. The summed E-state index contributed by atoms with van der Waals surface area (Å²) in [5.41, 5.74) is 3.89. The fourth-order valence-corrected chi connectivity index (χ4v) is 2.38. The van der Waals surface area contributed by atoms with E-state index in [0.717, 1.165) is 22.6 Å². The van der Waals surface area contributed by atoms with Crippen LogP contribution < -0.4 is 10.1 Å². The zero-order chi connectivity index (χ0) is 16.8. The van der Waals surface area contributed by atoms with Gasteiger partial charge in [0.25, 0.3) is 0 Å². The van der Waals surface area contributed by atoms with E-state index in [4.69, 9.17) is 10.00 Å². The van der Waals surface area contributed by atoms with Gasteiger partial charge >= 0.3 is 0 Å². The van der Waals surface area contributed by atoms with Crippen LogP contribution in [0.25, 0.3) is 0 Å². The molecule has 2 aromatic rings. The predicted molar refractivity (Wildman–Crippen MR) is 89.3 cm³/mol. The van der Waals surface area contributed by atoms with E-state index in [-0.39, 0.29) is 6.61 Å². The lowest BCUT2D eigenvalue weighted by atomic mass is 10.2. The molecule has 122 valence electrons. The van der Waals surface area contributed by atoms with Gasteiger partial charge in [0.15, 0.2) is 0 Å². The van der Waals surface area contributed by atoms with Crippen molar-refractivity contribution in [2.24, 2.45) is 7.05 Å². The lowest BCUT2D eigenvalue weighted by Gasteiger charge is -2.13. The maximum absolute atomic E-state index is 9.99. The first-order valence-corrected chi connectivity index (χ1v) is 7.64. The van der Waals surface area contributed by atoms with Gasteiger partial charge in [0.05, 0.1) is 0 Å². The largest absolute Gasteiger partial charge is 0.491 e. The number of ether oxygens (including phenoxy) is 1. The number of aromatic nitrogens is 1. The van der Waals surface area contributed by atoms with Crippen LogP contribution in [0.4, 0.5) is 0 Å². The van der Waals surface area contributed by atoms with Crippen molar-refractivity contribution in [3.8, 4) is 11.8 Å². The Bertz CT molecular complexity index is 701. The molecule has 0 aliphatic rings. The molecule has 1 unspecified atom stereocenters. The molecule has 2 rings (SSSR count). The molecule has 1 atom stereocenters. The highest BCUT2D eigenvalue weighted by atomic mass is 16.5. The molecule has 0 radical (unpaired) electrons. The summed E-state index contributed by atoms with van der Waals surface area (Å²) in [6.07, 6.45) is -0.588. The lowest BCUT2D eigenvalue weighted by molar-refractivity contribution is 0.106. The molecule has 0 bridgehead atoms. The first kappa shape index (κ1) is 17.1. The molecule has 23 heavy (non-hydrogen) atoms. The van der Waals surface area contributed by atoms with Crippen LogP contribution in [-0.4, -0.2) is 28.9 Å². The molecule has 0 aliphatic heterocycles. The zero-order valence-corrected chi connectivity index (χ0v) is 13.8. The highest BCUT2D eigenvalue weighted by Crippen LogP contribution is 2.14. The topological polar surface area (TPSA) is 70.2 Å². The van der Waals surface area contributed by atoms with E-state index in [9.17, 15) is 5.11 Å². The Morgan fingerprint density at radius 1 is 1.35 bits per heavy atom. The highest BCUT2D eigenvalue weighted by molar-refractivity contribution is 5.34. The van der Waals surface area contributed by atoms with Crippen LogP contribution in [-0.2, 0) is 13.6 Å². The first-order valence-electron chi connectivity index (χ1n) is 7.64. The Kier molecular flexibility index (Phi) is 5.80. The fraction of sp³-hybridized carbons (Fsp3) is 0.389. The molecular formula is C18H23N3O2. The average Bonchev–Trinajstić information content (AvgIpc) is 2.81. The Hall–Kier alpha value is -2.29. The number of aryl methyl sites for hydroxylation is 1. The van der Waals surface area contributed by atoms with E-state index in [1.165, 1.54) is 0 Å². The Labute approximate surface area is 137 Å². The maximum Gasteiger partial charge on any atom is 0.120 e. The van der Waals surface area contributed by atoms with Crippen LogP contribution in [0.1, 0.15) is 22.5 Å². The van der Waals surface area contributed by atoms with Gasteiger partial charge < -0.3 is 19.7 Å². The molecule has 0 fully saturated rings. The van der Waals surface area contributed by atoms with Gasteiger partial charge in [0.1, 0.15) is 30.2 Å². The van der Waals surface area contributed by atoms with E-state index in [1.54, 1.807) is 0 Å². The van der Waals surface area contributed by atoms with E-state index < -0.39 is 6.10 Å². The van der Waals surface area contributed by atoms with Crippen LogP contribution in [0.5, 0.6) is 5.75 Å². The van der Waals surface area contributed by atoms with Crippen molar-refractivity contribution in [1.29, 1.82) is 5.26 Å². The van der Waals surface area contributed by atoms with Gasteiger partial charge in [-0.25, -0.2) is 0 Å². The smallest absolute Gasteiger partial charge is 0.120 e. The number of hydrogen-bond acceptors (Lipinski definition) is 4. The molecule has 0 aliphatic carbocycles. The molecule has 1 heterocycles. The third-order valence-electron chi connectivity index (χ3n) is 3.88. The van der Waals surface area contributed by atoms with Crippen LogP contribution in [0.2, 0.25) is 0 Å². The normalized spacial score (nSPS) is 12.0. The van der Waals surface area contributed by atoms with Crippen LogP contribution in [0.3, 0.4) is 0 Å². The summed E-state index contributed by atoms with van der Waals surface area (Å²) < 4.78 is 7.45. The number of benzene rings is 1. The van der Waals surface area contributed by atoms with Gasteiger partial charge in [-0.15, -0.1) is 0 Å². The quantitative estimate of drug-likeness (QED) is 0.821. The second-order valence-corrected chi connectivity index (χ2v) is 5.72. The fourth-order valence-electron chi connectivity index (χ4n) is 2.38. The molecule has 0 amide bonds. The Balaban J connectivity index is 1.77. The van der Waals surface area contributed by atoms with Crippen molar-refractivity contribution in [3.63, 3.8) is 0 Å². The van der Waals surface area contributed by atoms with Crippen LogP contribution >= 0.6 is 0 Å². The molecule has 1 aromatic carbocycles. The number of rotatable bonds is 7. The van der Waals surface area contributed by atoms with Crippen molar-refractivity contribution >= 4 is 0 Å². The number of hydrogen-bond donors (Lipinski definition) is 2. The molecule has 0 saturated heterocycles. The van der Waals surface area contributed by atoms with Crippen molar-refractivity contribution in [2.45, 2.75) is 26.5 Å². The first-order chi connectivity index (χ1) is 11.0. The number of aliphatic hydroxyl groups excluding tert-OH is 1. The summed E-state index contributed by atoms with van der Waals surface area (Å²) >= 11 is 0. The predicted octanol–water partition coefficient (Wildman–Crippen LogP) is 2.04. The second-order valence-electron chi connectivity index (χ2n) is 5.72.